The molecule has 0 heterocycles. The van der Waals surface area contributed by atoms with Crippen LogP contribution in [0.25, 0.3) is 0 Å². The fraction of sp³-hybridized carbons (Fsp3) is 0.400. The summed E-state index contributed by atoms with van der Waals surface area (Å²) in [6.07, 6.45) is 5.17. The summed E-state index contributed by atoms with van der Waals surface area (Å²) in [4.78, 5) is 10.8. The maximum Gasteiger partial charge on any atom is 0.302 e. The van der Waals surface area contributed by atoms with Gasteiger partial charge in [0.1, 0.15) is 6.61 Å². The molecular weight excluding hydrogens is 212 g/mol. The van der Waals surface area contributed by atoms with Crippen molar-refractivity contribution in [1.29, 1.82) is 0 Å². The van der Waals surface area contributed by atoms with Gasteiger partial charge in [0.15, 0.2) is 0 Å². The minimum Gasteiger partial charge on any atom is -0.461 e. The van der Waals surface area contributed by atoms with Gasteiger partial charge in [-0.2, -0.15) is 0 Å². The highest BCUT2D eigenvalue weighted by Crippen LogP contribution is 2.10. The number of carbonyl (C=O) groups is 1. The summed E-state index contributed by atoms with van der Waals surface area (Å²) >= 11 is 0. The Labute approximate surface area is 103 Å². The van der Waals surface area contributed by atoms with E-state index >= 15 is 0 Å². The quantitative estimate of drug-likeness (QED) is 0.554. The highest BCUT2D eigenvalue weighted by Gasteiger charge is 2.02. The van der Waals surface area contributed by atoms with Gasteiger partial charge < -0.3 is 4.74 Å². The summed E-state index contributed by atoms with van der Waals surface area (Å²) in [5, 5.41) is 0. The number of rotatable bonds is 6. The second-order valence-electron chi connectivity index (χ2n) is 4.09. The van der Waals surface area contributed by atoms with Crippen molar-refractivity contribution in [2.45, 2.75) is 33.1 Å². The first-order valence-electron chi connectivity index (χ1n) is 6.07. The predicted molar refractivity (Wildman–Crippen MR) is 69.8 cm³/mol. The molecule has 0 spiro atoms. The molecule has 2 nitrogen and oxygen atoms in total. The van der Waals surface area contributed by atoms with Crippen LogP contribution in [-0.4, -0.2) is 12.6 Å². The Morgan fingerprint density at radius 3 is 2.59 bits per heavy atom. The highest BCUT2D eigenvalue weighted by molar-refractivity contribution is 5.66. The Balaban J connectivity index is 2.60. The SMILES string of the molecule is CCCC=C(COC(C)=O)Cc1ccccc1. The molecule has 0 aliphatic heterocycles. The second kappa shape index (κ2) is 7.66. The number of ether oxygens (including phenoxy) is 1. The lowest BCUT2D eigenvalue weighted by Gasteiger charge is -2.08. The largest absolute Gasteiger partial charge is 0.461 e. The smallest absolute Gasteiger partial charge is 0.302 e. The molecule has 0 N–H and O–H groups in total. The van der Waals surface area contributed by atoms with Crippen molar-refractivity contribution < 1.29 is 9.53 Å². The third-order valence-corrected chi connectivity index (χ3v) is 2.46. The summed E-state index contributed by atoms with van der Waals surface area (Å²) in [5.74, 6) is -0.222. The molecule has 92 valence electrons. The molecule has 0 unspecified atom stereocenters. The molecule has 0 bridgehead atoms. The van der Waals surface area contributed by atoms with Crippen molar-refractivity contribution in [2.75, 3.05) is 6.61 Å². The molecule has 0 aliphatic carbocycles. The highest BCUT2D eigenvalue weighted by atomic mass is 16.5. The first-order valence-corrected chi connectivity index (χ1v) is 6.07. The van der Waals surface area contributed by atoms with Crippen molar-refractivity contribution in [3.05, 3.63) is 47.5 Å². The lowest BCUT2D eigenvalue weighted by atomic mass is 10.0. The van der Waals surface area contributed by atoms with Gasteiger partial charge in [0.2, 0.25) is 0 Å². The Morgan fingerprint density at radius 2 is 2.00 bits per heavy atom. The number of unbranched alkanes of at least 4 members (excludes halogenated alkanes) is 1. The van der Waals surface area contributed by atoms with E-state index < -0.39 is 0 Å². The van der Waals surface area contributed by atoms with Crippen molar-refractivity contribution in [2.24, 2.45) is 0 Å². The van der Waals surface area contributed by atoms with E-state index in [0.29, 0.717) is 6.61 Å². The molecule has 0 aromatic heterocycles. The van der Waals surface area contributed by atoms with Crippen molar-refractivity contribution in [1.82, 2.24) is 0 Å². The van der Waals surface area contributed by atoms with E-state index in [1.165, 1.54) is 18.1 Å². The molecule has 17 heavy (non-hydrogen) atoms. The molecular formula is C15H20O2. The van der Waals surface area contributed by atoms with Crippen LogP contribution in [0.3, 0.4) is 0 Å². The average molecular weight is 232 g/mol. The third-order valence-electron chi connectivity index (χ3n) is 2.46. The number of hydrogen-bond acceptors (Lipinski definition) is 2. The molecule has 0 saturated carbocycles. The lowest BCUT2D eigenvalue weighted by molar-refractivity contribution is -0.140. The maximum absolute atomic E-state index is 10.8. The first kappa shape index (κ1) is 13.5. The number of allylic oxidation sites excluding steroid dienone is 1. The van der Waals surface area contributed by atoms with Crippen LogP contribution in [0.1, 0.15) is 32.3 Å². The van der Waals surface area contributed by atoms with E-state index in [4.69, 9.17) is 4.74 Å². The second-order valence-corrected chi connectivity index (χ2v) is 4.09. The van der Waals surface area contributed by atoms with Gasteiger partial charge in [0, 0.05) is 6.92 Å². The molecule has 0 amide bonds. The van der Waals surface area contributed by atoms with Gasteiger partial charge in [0.05, 0.1) is 0 Å². The third kappa shape index (κ3) is 5.91. The van der Waals surface area contributed by atoms with E-state index in [-0.39, 0.29) is 5.97 Å². The summed E-state index contributed by atoms with van der Waals surface area (Å²) in [5.41, 5.74) is 2.43. The average Bonchev–Trinajstić information content (AvgIpc) is 2.34. The fourth-order valence-electron chi connectivity index (χ4n) is 1.58. The van der Waals surface area contributed by atoms with Crippen LogP contribution in [0.2, 0.25) is 0 Å². The van der Waals surface area contributed by atoms with Crippen molar-refractivity contribution in [3.8, 4) is 0 Å². The molecule has 0 fully saturated rings. The minimum absolute atomic E-state index is 0.222. The van der Waals surface area contributed by atoms with Crippen LogP contribution in [-0.2, 0) is 16.0 Å². The summed E-state index contributed by atoms with van der Waals surface area (Å²) in [6, 6.07) is 10.2. The monoisotopic (exact) mass is 232 g/mol. The van der Waals surface area contributed by atoms with Gasteiger partial charge in [-0.1, -0.05) is 49.8 Å². The van der Waals surface area contributed by atoms with Crippen molar-refractivity contribution in [3.63, 3.8) is 0 Å². The lowest BCUT2D eigenvalue weighted by Crippen LogP contribution is -2.05. The molecule has 1 rings (SSSR count). The molecule has 0 radical (unpaired) electrons. The van der Waals surface area contributed by atoms with E-state index in [1.807, 2.05) is 18.2 Å². The van der Waals surface area contributed by atoms with E-state index in [0.717, 1.165) is 19.3 Å². The van der Waals surface area contributed by atoms with Crippen molar-refractivity contribution >= 4 is 5.97 Å². The van der Waals surface area contributed by atoms with E-state index in [9.17, 15) is 4.79 Å². The fourth-order valence-corrected chi connectivity index (χ4v) is 1.58. The topological polar surface area (TPSA) is 26.3 Å². The zero-order valence-corrected chi connectivity index (χ0v) is 10.6. The maximum atomic E-state index is 10.8. The molecule has 0 aliphatic rings. The Kier molecular flexibility index (Phi) is 6.08. The van der Waals surface area contributed by atoms with Gasteiger partial charge in [-0.25, -0.2) is 0 Å². The molecule has 1 aromatic rings. The molecule has 2 heteroatoms. The minimum atomic E-state index is -0.222. The van der Waals surface area contributed by atoms with E-state index in [2.05, 4.69) is 25.1 Å². The van der Waals surface area contributed by atoms with Crippen LogP contribution in [0.5, 0.6) is 0 Å². The van der Waals surface area contributed by atoms with E-state index in [1.54, 1.807) is 0 Å². The standard InChI is InChI=1S/C15H20O2/c1-3-4-8-15(12-17-13(2)16)11-14-9-6-5-7-10-14/h5-10H,3-4,11-12H2,1-2H3. The summed E-state index contributed by atoms with van der Waals surface area (Å²) in [6.45, 7) is 3.99. The summed E-state index contributed by atoms with van der Waals surface area (Å²) < 4.78 is 5.07. The van der Waals surface area contributed by atoms with Crippen LogP contribution in [0.15, 0.2) is 42.0 Å². The van der Waals surface area contributed by atoms with Crippen LogP contribution in [0.4, 0.5) is 0 Å². The van der Waals surface area contributed by atoms with Gasteiger partial charge in [-0.3, -0.25) is 4.79 Å². The number of esters is 1. The van der Waals surface area contributed by atoms with Gasteiger partial charge >= 0.3 is 5.97 Å². The van der Waals surface area contributed by atoms with Crippen LogP contribution >= 0.6 is 0 Å². The number of benzene rings is 1. The Bertz CT molecular complexity index is 366. The summed E-state index contributed by atoms with van der Waals surface area (Å²) in [7, 11) is 0. The zero-order valence-electron chi connectivity index (χ0n) is 10.6. The Morgan fingerprint density at radius 1 is 1.29 bits per heavy atom. The van der Waals surface area contributed by atoms with Crippen LogP contribution < -0.4 is 0 Å². The predicted octanol–water partition coefficient (Wildman–Crippen LogP) is 3.52. The number of hydrogen-bond donors (Lipinski definition) is 0. The van der Waals surface area contributed by atoms with Gasteiger partial charge in [0.25, 0.3) is 0 Å². The molecule has 0 atom stereocenters. The first-order chi connectivity index (χ1) is 8.22. The molecule has 1 aromatic carbocycles. The zero-order chi connectivity index (χ0) is 12.5. The normalized spacial score (nSPS) is 11.3. The molecule has 0 saturated heterocycles. The van der Waals surface area contributed by atoms with Gasteiger partial charge in [-0.05, 0) is 24.0 Å². The van der Waals surface area contributed by atoms with Crippen LogP contribution in [0, 0.1) is 0 Å². The Hall–Kier alpha value is -1.57. The number of carbonyl (C=O) groups excluding carboxylic acids is 1. The van der Waals surface area contributed by atoms with Gasteiger partial charge in [-0.15, -0.1) is 0 Å².